The van der Waals surface area contributed by atoms with Crippen LogP contribution in [-0.4, -0.2) is 48.8 Å². The van der Waals surface area contributed by atoms with Gasteiger partial charge in [-0.05, 0) is 30.7 Å². The summed E-state index contributed by atoms with van der Waals surface area (Å²) in [6, 6.07) is 19.8. The van der Waals surface area contributed by atoms with Gasteiger partial charge in [0.05, 0.1) is 50.9 Å². The molecule has 0 fully saturated rings. The number of ether oxygens (including phenoxy) is 3. The summed E-state index contributed by atoms with van der Waals surface area (Å²) in [6.07, 6.45) is 1.51. The Bertz CT molecular complexity index is 1380. The Labute approximate surface area is 214 Å². The molecule has 4 rings (SSSR count). The first-order valence-electron chi connectivity index (χ1n) is 11.3. The molecule has 9 heteroatoms. The molecule has 1 aromatic heterocycles. The number of rotatable bonds is 10. The number of aryl methyl sites for hydroxylation is 1. The van der Waals surface area contributed by atoms with Gasteiger partial charge >= 0.3 is 0 Å². The molecule has 186 valence electrons. The predicted octanol–water partition coefficient (Wildman–Crippen LogP) is 4.66. The van der Waals surface area contributed by atoms with Crippen molar-refractivity contribution in [3.63, 3.8) is 0 Å². The van der Waals surface area contributed by atoms with Crippen molar-refractivity contribution in [2.75, 3.05) is 27.1 Å². The van der Waals surface area contributed by atoms with Gasteiger partial charge < -0.3 is 18.8 Å². The van der Waals surface area contributed by atoms with E-state index in [2.05, 4.69) is 46.3 Å². The molecule has 0 aliphatic heterocycles. The average Bonchev–Trinajstić information content (AvgIpc) is 3.25. The first-order chi connectivity index (χ1) is 17.5. The highest BCUT2D eigenvalue weighted by molar-refractivity contribution is 7.99. The Hall–Kier alpha value is -3.98. The van der Waals surface area contributed by atoms with E-state index in [0.29, 0.717) is 29.4 Å². The van der Waals surface area contributed by atoms with Gasteiger partial charge in [0.25, 0.3) is 5.91 Å². The van der Waals surface area contributed by atoms with Crippen LogP contribution in [0, 0.1) is 6.92 Å². The van der Waals surface area contributed by atoms with Crippen LogP contribution in [0.25, 0.3) is 11.0 Å². The van der Waals surface area contributed by atoms with Crippen molar-refractivity contribution in [2.45, 2.75) is 18.6 Å². The number of carbonyl (C=O) groups excluding carboxylic acids is 1. The number of aromatic nitrogens is 2. The fraction of sp³-hybridized carbons (Fsp3) is 0.222. The molecule has 1 heterocycles. The number of carbonyl (C=O) groups is 1. The van der Waals surface area contributed by atoms with Crippen molar-refractivity contribution in [3.05, 3.63) is 77.4 Å². The van der Waals surface area contributed by atoms with Gasteiger partial charge in [-0.1, -0.05) is 53.7 Å². The normalized spacial score (nSPS) is 11.1. The van der Waals surface area contributed by atoms with Crippen molar-refractivity contribution in [1.29, 1.82) is 0 Å². The van der Waals surface area contributed by atoms with Crippen molar-refractivity contribution in [1.82, 2.24) is 15.0 Å². The molecule has 1 N–H and O–H groups in total. The molecule has 0 saturated carbocycles. The number of para-hydroxylation sites is 2. The Kier molecular flexibility index (Phi) is 8.12. The highest BCUT2D eigenvalue weighted by Gasteiger charge is 2.14. The lowest BCUT2D eigenvalue weighted by atomic mass is 10.1. The second-order valence-electron chi connectivity index (χ2n) is 7.99. The van der Waals surface area contributed by atoms with E-state index in [0.717, 1.165) is 16.2 Å². The summed E-state index contributed by atoms with van der Waals surface area (Å²) in [4.78, 5) is 17.3. The quantitative estimate of drug-likeness (QED) is 0.192. The van der Waals surface area contributed by atoms with Crippen molar-refractivity contribution < 1.29 is 19.0 Å². The zero-order valence-electron chi connectivity index (χ0n) is 20.6. The standard InChI is InChI=1S/C27H28N4O4S/c1-18-9-11-19(12-10-18)16-31-22-8-6-5-7-21(22)29-27(31)36-17-26(32)30-28-15-20-13-24(34-3)25(35-4)14-23(20)33-2/h5-15H,16-17H2,1-4H3,(H,30,32). The first kappa shape index (κ1) is 25.1. The monoisotopic (exact) mass is 504 g/mol. The molecular weight excluding hydrogens is 476 g/mol. The van der Waals surface area contributed by atoms with E-state index in [-0.39, 0.29) is 11.7 Å². The average molecular weight is 505 g/mol. The maximum atomic E-state index is 12.5. The minimum Gasteiger partial charge on any atom is -0.496 e. The van der Waals surface area contributed by atoms with Gasteiger partial charge in [-0.2, -0.15) is 5.10 Å². The minimum atomic E-state index is -0.246. The summed E-state index contributed by atoms with van der Waals surface area (Å²) in [5, 5.41) is 4.87. The number of nitrogens with one attached hydrogen (secondary N) is 1. The van der Waals surface area contributed by atoms with Crippen LogP contribution < -0.4 is 19.6 Å². The van der Waals surface area contributed by atoms with Crippen LogP contribution in [0.15, 0.2) is 70.9 Å². The molecular formula is C27H28N4O4S. The molecule has 0 bridgehead atoms. The molecule has 0 radical (unpaired) electrons. The number of hydrogen-bond acceptors (Lipinski definition) is 7. The number of imidazole rings is 1. The van der Waals surface area contributed by atoms with Crippen LogP contribution >= 0.6 is 11.8 Å². The number of nitrogens with zero attached hydrogens (tertiary/aromatic N) is 3. The summed E-state index contributed by atoms with van der Waals surface area (Å²) in [5.41, 5.74) is 7.52. The van der Waals surface area contributed by atoms with Crippen LogP contribution in [0.3, 0.4) is 0 Å². The van der Waals surface area contributed by atoms with Gasteiger partial charge in [-0.25, -0.2) is 10.4 Å². The Balaban J connectivity index is 1.45. The number of hydrazone groups is 1. The van der Waals surface area contributed by atoms with Crippen molar-refractivity contribution in [3.8, 4) is 17.2 Å². The SMILES string of the molecule is COc1cc(OC)c(OC)cc1C=NNC(=O)CSc1nc2ccccc2n1Cc1ccc(C)cc1. The van der Waals surface area contributed by atoms with Crippen LogP contribution in [0.2, 0.25) is 0 Å². The second-order valence-corrected chi connectivity index (χ2v) is 8.93. The number of methoxy groups -OCH3 is 3. The van der Waals surface area contributed by atoms with Crippen molar-refractivity contribution in [2.24, 2.45) is 5.10 Å². The van der Waals surface area contributed by atoms with E-state index in [4.69, 9.17) is 19.2 Å². The smallest absolute Gasteiger partial charge is 0.250 e. The zero-order valence-corrected chi connectivity index (χ0v) is 21.5. The molecule has 3 aromatic carbocycles. The first-order valence-corrected chi connectivity index (χ1v) is 12.3. The Morgan fingerprint density at radius 3 is 2.42 bits per heavy atom. The van der Waals surface area contributed by atoms with Crippen LogP contribution in [0.4, 0.5) is 0 Å². The maximum absolute atomic E-state index is 12.5. The number of benzene rings is 3. The van der Waals surface area contributed by atoms with E-state index in [1.54, 1.807) is 33.5 Å². The van der Waals surface area contributed by atoms with E-state index in [1.807, 2.05) is 24.3 Å². The predicted molar refractivity (Wildman–Crippen MR) is 143 cm³/mol. The third kappa shape index (κ3) is 5.80. The van der Waals surface area contributed by atoms with E-state index >= 15 is 0 Å². The highest BCUT2D eigenvalue weighted by Crippen LogP contribution is 2.33. The van der Waals surface area contributed by atoms with E-state index in [1.165, 1.54) is 29.1 Å². The van der Waals surface area contributed by atoms with Gasteiger partial charge in [0.2, 0.25) is 0 Å². The summed E-state index contributed by atoms with van der Waals surface area (Å²) >= 11 is 1.37. The topological polar surface area (TPSA) is 87.0 Å². The fourth-order valence-corrected chi connectivity index (χ4v) is 4.49. The molecule has 0 unspecified atom stereocenters. The minimum absolute atomic E-state index is 0.164. The molecule has 0 spiro atoms. The Morgan fingerprint density at radius 2 is 1.69 bits per heavy atom. The highest BCUT2D eigenvalue weighted by atomic mass is 32.2. The van der Waals surface area contributed by atoms with Gasteiger partial charge in [0.15, 0.2) is 16.7 Å². The lowest BCUT2D eigenvalue weighted by Gasteiger charge is -2.11. The largest absolute Gasteiger partial charge is 0.496 e. The van der Waals surface area contributed by atoms with E-state index < -0.39 is 0 Å². The molecule has 4 aromatic rings. The number of amides is 1. The Morgan fingerprint density at radius 1 is 1.00 bits per heavy atom. The van der Waals surface area contributed by atoms with Gasteiger partial charge in [0, 0.05) is 11.6 Å². The lowest BCUT2D eigenvalue weighted by Crippen LogP contribution is -2.20. The zero-order chi connectivity index (χ0) is 25.5. The third-order valence-electron chi connectivity index (χ3n) is 5.54. The number of fused-ring (bicyclic) bond motifs is 1. The van der Waals surface area contributed by atoms with Crippen LogP contribution in [-0.2, 0) is 11.3 Å². The van der Waals surface area contributed by atoms with Gasteiger partial charge in [-0.3, -0.25) is 4.79 Å². The number of hydrogen-bond donors (Lipinski definition) is 1. The summed E-state index contributed by atoms with van der Waals surface area (Å²) in [7, 11) is 4.66. The molecule has 36 heavy (non-hydrogen) atoms. The van der Waals surface area contributed by atoms with Crippen LogP contribution in [0.1, 0.15) is 16.7 Å². The summed E-state index contributed by atoms with van der Waals surface area (Å²) in [5.74, 6) is 1.54. The van der Waals surface area contributed by atoms with E-state index in [9.17, 15) is 4.79 Å². The van der Waals surface area contributed by atoms with Crippen LogP contribution in [0.5, 0.6) is 17.2 Å². The van der Waals surface area contributed by atoms with Crippen molar-refractivity contribution >= 4 is 34.9 Å². The van der Waals surface area contributed by atoms with Gasteiger partial charge in [-0.15, -0.1) is 0 Å². The lowest BCUT2D eigenvalue weighted by molar-refractivity contribution is -0.118. The van der Waals surface area contributed by atoms with Gasteiger partial charge in [0.1, 0.15) is 5.75 Å². The molecule has 0 aliphatic rings. The molecule has 0 aliphatic carbocycles. The fourth-order valence-electron chi connectivity index (χ4n) is 3.68. The second kappa shape index (κ2) is 11.6. The number of thioether (sulfide) groups is 1. The molecule has 8 nitrogen and oxygen atoms in total. The molecule has 0 atom stereocenters. The molecule has 1 amide bonds. The third-order valence-corrected chi connectivity index (χ3v) is 6.52. The molecule has 0 saturated heterocycles. The maximum Gasteiger partial charge on any atom is 0.250 e. The summed E-state index contributed by atoms with van der Waals surface area (Å²) < 4.78 is 18.2. The summed E-state index contributed by atoms with van der Waals surface area (Å²) in [6.45, 7) is 2.74.